The number of piperazine rings is 1. The molecular weight excluding hydrogens is 336 g/mol. The summed E-state index contributed by atoms with van der Waals surface area (Å²) in [5.74, 6) is 0.881. The Labute approximate surface area is 163 Å². The minimum Gasteiger partial charge on any atom is -0.361 e. The average molecular weight is 371 g/mol. The second-order valence-electron chi connectivity index (χ2n) is 7.68. The van der Waals surface area contributed by atoms with Crippen molar-refractivity contribution in [2.45, 2.75) is 26.3 Å². The summed E-state index contributed by atoms with van der Waals surface area (Å²) < 4.78 is 0. The van der Waals surface area contributed by atoms with Crippen LogP contribution < -0.4 is 10.6 Å². The van der Waals surface area contributed by atoms with Crippen LogP contribution in [0, 0.1) is 6.92 Å². The zero-order chi connectivity index (χ0) is 19.2. The number of benzene rings is 1. The molecule has 148 valence electrons. The summed E-state index contributed by atoms with van der Waals surface area (Å²) in [5.41, 5.74) is 3.85. The number of aromatic nitrogens is 1. The first-order valence-corrected chi connectivity index (χ1v) is 10.0. The van der Waals surface area contributed by atoms with E-state index in [1.54, 1.807) is 0 Å². The van der Waals surface area contributed by atoms with Crippen LogP contribution in [0.5, 0.6) is 0 Å². The number of aromatic amines is 1. The molecular formula is C21H34N6. The van der Waals surface area contributed by atoms with E-state index in [-0.39, 0.29) is 0 Å². The molecule has 1 saturated heterocycles. The normalized spacial score (nSPS) is 18.0. The second-order valence-corrected chi connectivity index (χ2v) is 7.68. The van der Waals surface area contributed by atoms with Gasteiger partial charge in [-0.2, -0.15) is 0 Å². The molecule has 0 radical (unpaired) electrons. The third kappa shape index (κ3) is 5.23. The van der Waals surface area contributed by atoms with Crippen LogP contribution >= 0.6 is 0 Å². The van der Waals surface area contributed by atoms with E-state index in [4.69, 9.17) is 0 Å². The van der Waals surface area contributed by atoms with Gasteiger partial charge < -0.3 is 20.5 Å². The van der Waals surface area contributed by atoms with Gasteiger partial charge in [0.1, 0.15) is 0 Å². The van der Waals surface area contributed by atoms with Gasteiger partial charge in [-0.1, -0.05) is 12.1 Å². The topological polar surface area (TPSA) is 58.7 Å². The van der Waals surface area contributed by atoms with E-state index in [1.807, 2.05) is 7.05 Å². The third-order valence-corrected chi connectivity index (χ3v) is 5.56. The Kier molecular flexibility index (Phi) is 6.74. The van der Waals surface area contributed by atoms with Gasteiger partial charge in [0.15, 0.2) is 5.96 Å². The number of aliphatic imine (C=N–C) groups is 1. The zero-order valence-corrected chi connectivity index (χ0v) is 17.2. The van der Waals surface area contributed by atoms with E-state index in [0.29, 0.717) is 6.04 Å². The molecule has 3 rings (SSSR count). The van der Waals surface area contributed by atoms with Crippen LogP contribution in [0.3, 0.4) is 0 Å². The molecule has 3 N–H and O–H groups in total. The first kappa shape index (κ1) is 19.7. The van der Waals surface area contributed by atoms with E-state index in [0.717, 1.165) is 51.6 Å². The van der Waals surface area contributed by atoms with Crippen LogP contribution in [0.1, 0.15) is 18.1 Å². The maximum Gasteiger partial charge on any atom is 0.191 e. The molecule has 1 unspecified atom stereocenters. The lowest BCUT2D eigenvalue weighted by atomic mass is 10.1. The molecule has 1 fully saturated rings. The van der Waals surface area contributed by atoms with Crippen molar-refractivity contribution < 1.29 is 0 Å². The van der Waals surface area contributed by atoms with Crippen LogP contribution in [-0.4, -0.2) is 80.1 Å². The van der Waals surface area contributed by atoms with E-state index in [9.17, 15) is 0 Å². The number of hydrogen-bond acceptors (Lipinski definition) is 3. The first-order valence-electron chi connectivity index (χ1n) is 10.0. The lowest BCUT2D eigenvalue weighted by molar-refractivity contribution is 0.120. The lowest BCUT2D eigenvalue weighted by Crippen LogP contribution is -2.52. The highest BCUT2D eigenvalue weighted by Crippen LogP contribution is 2.19. The van der Waals surface area contributed by atoms with Crippen LogP contribution in [0.25, 0.3) is 10.9 Å². The number of nitrogens with one attached hydrogen (secondary N) is 3. The van der Waals surface area contributed by atoms with Crippen LogP contribution in [-0.2, 0) is 6.42 Å². The van der Waals surface area contributed by atoms with Gasteiger partial charge in [-0.15, -0.1) is 0 Å². The van der Waals surface area contributed by atoms with Crippen molar-refractivity contribution in [3.8, 4) is 0 Å². The molecule has 0 bridgehead atoms. The molecule has 1 aliphatic rings. The molecule has 0 saturated carbocycles. The highest BCUT2D eigenvalue weighted by atomic mass is 15.3. The first-order chi connectivity index (χ1) is 13.1. The Bertz CT molecular complexity index is 757. The molecule has 6 nitrogen and oxygen atoms in total. The zero-order valence-electron chi connectivity index (χ0n) is 17.2. The largest absolute Gasteiger partial charge is 0.361 e. The van der Waals surface area contributed by atoms with Crippen molar-refractivity contribution in [3.63, 3.8) is 0 Å². The predicted octanol–water partition coefficient (Wildman–Crippen LogP) is 1.82. The van der Waals surface area contributed by atoms with Gasteiger partial charge in [-0.25, -0.2) is 0 Å². The van der Waals surface area contributed by atoms with E-state index >= 15 is 0 Å². The van der Waals surface area contributed by atoms with Crippen molar-refractivity contribution in [2.24, 2.45) is 4.99 Å². The van der Waals surface area contributed by atoms with Crippen LogP contribution in [0.4, 0.5) is 0 Å². The predicted molar refractivity (Wildman–Crippen MR) is 115 cm³/mol. The fourth-order valence-corrected chi connectivity index (χ4v) is 3.68. The quantitative estimate of drug-likeness (QED) is 0.536. The molecule has 1 aliphatic heterocycles. The standard InChI is InChI=1S/C21H34N6/c1-16-5-6-19-18(15-24-20(19)13-16)7-8-23-21(22-3)25-14-17(2)27-11-9-26(4)10-12-27/h5-6,13,15,17,24H,7-12,14H2,1-4H3,(H2,22,23,25). The van der Waals surface area contributed by atoms with Crippen LogP contribution in [0.2, 0.25) is 0 Å². The Morgan fingerprint density at radius 1 is 1.22 bits per heavy atom. The van der Waals surface area contributed by atoms with Gasteiger partial charge in [0.2, 0.25) is 0 Å². The molecule has 2 heterocycles. The summed E-state index contributed by atoms with van der Waals surface area (Å²) >= 11 is 0. The summed E-state index contributed by atoms with van der Waals surface area (Å²) in [5, 5.41) is 8.24. The van der Waals surface area contributed by atoms with Crippen molar-refractivity contribution in [1.29, 1.82) is 0 Å². The summed E-state index contributed by atoms with van der Waals surface area (Å²) in [4.78, 5) is 12.7. The van der Waals surface area contributed by atoms with E-state index in [2.05, 4.69) is 75.7 Å². The number of H-pyrrole nitrogens is 1. The molecule has 0 aliphatic carbocycles. The fraction of sp³-hybridized carbons (Fsp3) is 0.571. The maximum atomic E-state index is 4.37. The van der Waals surface area contributed by atoms with Gasteiger partial charge in [0.25, 0.3) is 0 Å². The lowest BCUT2D eigenvalue weighted by Gasteiger charge is -2.36. The molecule has 6 heteroatoms. The molecule has 0 amide bonds. The monoisotopic (exact) mass is 370 g/mol. The number of fused-ring (bicyclic) bond motifs is 1. The van der Waals surface area contributed by atoms with E-state index < -0.39 is 0 Å². The van der Waals surface area contributed by atoms with Crippen molar-refractivity contribution in [3.05, 3.63) is 35.5 Å². The summed E-state index contributed by atoms with van der Waals surface area (Å²) in [6.45, 7) is 10.8. The SMILES string of the molecule is CN=C(NCCc1c[nH]c2cc(C)ccc12)NCC(C)N1CCN(C)CC1. The number of guanidine groups is 1. The Morgan fingerprint density at radius 2 is 2.00 bits per heavy atom. The number of hydrogen-bond donors (Lipinski definition) is 3. The summed E-state index contributed by atoms with van der Waals surface area (Å²) in [6, 6.07) is 7.09. The number of likely N-dealkylation sites (N-methyl/N-ethyl adjacent to an activating group) is 1. The summed E-state index contributed by atoms with van der Waals surface area (Å²) in [6.07, 6.45) is 3.09. The number of nitrogens with zero attached hydrogens (tertiary/aromatic N) is 3. The fourth-order valence-electron chi connectivity index (χ4n) is 3.68. The summed E-state index contributed by atoms with van der Waals surface area (Å²) in [7, 11) is 4.03. The van der Waals surface area contributed by atoms with Crippen molar-refractivity contribution >= 4 is 16.9 Å². The van der Waals surface area contributed by atoms with Crippen LogP contribution in [0.15, 0.2) is 29.4 Å². The molecule has 1 aromatic carbocycles. The van der Waals surface area contributed by atoms with Crippen molar-refractivity contribution in [1.82, 2.24) is 25.4 Å². The van der Waals surface area contributed by atoms with Gasteiger partial charge in [0.05, 0.1) is 0 Å². The smallest absolute Gasteiger partial charge is 0.191 e. The van der Waals surface area contributed by atoms with Gasteiger partial charge in [0, 0.05) is 69.5 Å². The van der Waals surface area contributed by atoms with Crippen molar-refractivity contribution in [2.75, 3.05) is 53.4 Å². The maximum absolute atomic E-state index is 4.37. The average Bonchev–Trinajstić information content (AvgIpc) is 3.06. The van der Waals surface area contributed by atoms with Gasteiger partial charge in [-0.3, -0.25) is 9.89 Å². The highest BCUT2D eigenvalue weighted by Gasteiger charge is 2.19. The highest BCUT2D eigenvalue weighted by molar-refractivity contribution is 5.84. The molecule has 0 spiro atoms. The Morgan fingerprint density at radius 3 is 2.74 bits per heavy atom. The number of aryl methyl sites for hydroxylation is 1. The Hall–Kier alpha value is -2.05. The third-order valence-electron chi connectivity index (χ3n) is 5.56. The Balaban J connectivity index is 1.43. The molecule has 27 heavy (non-hydrogen) atoms. The van der Waals surface area contributed by atoms with Gasteiger partial charge >= 0.3 is 0 Å². The number of rotatable bonds is 6. The minimum atomic E-state index is 0.508. The van der Waals surface area contributed by atoms with E-state index in [1.165, 1.54) is 22.0 Å². The molecule has 2 aromatic rings. The minimum absolute atomic E-state index is 0.508. The molecule has 1 atom stereocenters. The second kappa shape index (κ2) is 9.24. The van der Waals surface area contributed by atoms with Gasteiger partial charge in [-0.05, 0) is 44.5 Å². The molecule has 1 aromatic heterocycles.